The summed E-state index contributed by atoms with van der Waals surface area (Å²) >= 11 is 0. The van der Waals surface area contributed by atoms with Gasteiger partial charge in [-0.3, -0.25) is 9.78 Å². The van der Waals surface area contributed by atoms with Crippen LogP contribution in [0.25, 0.3) is 10.9 Å². The quantitative estimate of drug-likeness (QED) is 0.667. The van der Waals surface area contributed by atoms with Gasteiger partial charge >= 0.3 is 0 Å². The number of aryl methyl sites for hydroxylation is 2. The summed E-state index contributed by atoms with van der Waals surface area (Å²) in [5.74, 6) is -0.113. The number of para-hydroxylation sites is 1. The number of hydrogen-bond acceptors (Lipinski definition) is 4. The number of nitrogens with zero attached hydrogens (tertiary/aromatic N) is 3. The van der Waals surface area contributed by atoms with E-state index in [0.29, 0.717) is 29.1 Å². The molecule has 29 heavy (non-hydrogen) atoms. The van der Waals surface area contributed by atoms with E-state index in [1.165, 1.54) is 4.31 Å². The van der Waals surface area contributed by atoms with Crippen molar-refractivity contribution in [2.24, 2.45) is 0 Å². The van der Waals surface area contributed by atoms with Crippen LogP contribution >= 0.6 is 0 Å². The van der Waals surface area contributed by atoms with Crippen LogP contribution in [0.3, 0.4) is 0 Å². The minimum atomic E-state index is -3.58. The van der Waals surface area contributed by atoms with Gasteiger partial charge in [0, 0.05) is 37.8 Å². The van der Waals surface area contributed by atoms with Gasteiger partial charge in [0.15, 0.2) is 0 Å². The number of piperazine rings is 1. The van der Waals surface area contributed by atoms with Gasteiger partial charge in [-0.2, -0.15) is 4.31 Å². The predicted octanol–water partition coefficient (Wildman–Crippen LogP) is 3.00. The average Bonchev–Trinajstić information content (AvgIpc) is 2.74. The van der Waals surface area contributed by atoms with Crippen LogP contribution in [0.4, 0.5) is 0 Å². The second-order valence-electron chi connectivity index (χ2n) is 7.35. The minimum absolute atomic E-state index is 0.113. The molecule has 7 heteroatoms. The molecule has 0 saturated carbocycles. The number of benzene rings is 2. The first-order valence-corrected chi connectivity index (χ1v) is 11.0. The third-order valence-electron chi connectivity index (χ3n) is 5.35. The van der Waals surface area contributed by atoms with Gasteiger partial charge in [-0.15, -0.1) is 0 Å². The molecule has 4 rings (SSSR count). The van der Waals surface area contributed by atoms with E-state index in [-0.39, 0.29) is 19.0 Å². The molecule has 6 nitrogen and oxygen atoms in total. The van der Waals surface area contributed by atoms with Crippen molar-refractivity contribution in [3.05, 3.63) is 71.4 Å². The Hall–Kier alpha value is -2.77. The molecule has 1 fully saturated rings. The Morgan fingerprint density at radius 2 is 1.69 bits per heavy atom. The zero-order chi connectivity index (χ0) is 20.6. The van der Waals surface area contributed by atoms with Crippen LogP contribution in [0.2, 0.25) is 0 Å². The van der Waals surface area contributed by atoms with E-state index in [9.17, 15) is 13.2 Å². The third-order valence-corrected chi connectivity index (χ3v) is 7.39. The van der Waals surface area contributed by atoms with Crippen molar-refractivity contribution in [2.45, 2.75) is 18.7 Å². The molecule has 150 valence electrons. The van der Waals surface area contributed by atoms with Crippen LogP contribution in [0.15, 0.2) is 59.6 Å². The molecule has 0 N–H and O–H groups in total. The molecular formula is C22H23N3O3S. The van der Waals surface area contributed by atoms with Crippen molar-refractivity contribution in [3.8, 4) is 0 Å². The first kappa shape index (κ1) is 19.5. The van der Waals surface area contributed by atoms with Gasteiger partial charge in [-0.1, -0.05) is 30.3 Å². The third kappa shape index (κ3) is 3.63. The average molecular weight is 410 g/mol. The summed E-state index contributed by atoms with van der Waals surface area (Å²) in [5.41, 5.74) is 2.86. The van der Waals surface area contributed by atoms with E-state index < -0.39 is 10.0 Å². The number of amides is 1. The molecule has 0 unspecified atom stereocenters. The largest absolute Gasteiger partial charge is 0.336 e. The van der Waals surface area contributed by atoms with Crippen molar-refractivity contribution < 1.29 is 13.2 Å². The summed E-state index contributed by atoms with van der Waals surface area (Å²) in [6.07, 6.45) is 1.67. The minimum Gasteiger partial charge on any atom is -0.336 e. The van der Waals surface area contributed by atoms with Crippen LogP contribution < -0.4 is 0 Å². The molecule has 1 amide bonds. The predicted molar refractivity (Wildman–Crippen MR) is 112 cm³/mol. The fourth-order valence-electron chi connectivity index (χ4n) is 3.70. The van der Waals surface area contributed by atoms with Gasteiger partial charge in [0.1, 0.15) is 0 Å². The smallest absolute Gasteiger partial charge is 0.256 e. The number of rotatable bonds is 3. The molecule has 0 spiro atoms. The fraction of sp³-hybridized carbons (Fsp3) is 0.273. The maximum Gasteiger partial charge on any atom is 0.256 e. The van der Waals surface area contributed by atoms with Crippen molar-refractivity contribution in [1.29, 1.82) is 0 Å². The van der Waals surface area contributed by atoms with E-state index in [4.69, 9.17) is 0 Å². The number of hydrogen-bond donors (Lipinski definition) is 0. The SMILES string of the molecule is Cc1ccc(C)c(S(=O)(=O)N2CCN(C(=O)c3cccc4cccnc34)CC2)c1. The van der Waals surface area contributed by atoms with E-state index >= 15 is 0 Å². The molecule has 0 radical (unpaired) electrons. The Morgan fingerprint density at radius 1 is 0.966 bits per heavy atom. The standard InChI is InChI=1S/C22H23N3O3S/c1-16-8-9-17(2)20(15-16)29(27,28)25-13-11-24(12-14-25)22(26)19-7-3-5-18-6-4-10-23-21(18)19/h3-10,15H,11-14H2,1-2H3. The Kier molecular flexibility index (Phi) is 5.10. The normalized spacial score (nSPS) is 15.6. The number of carbonyl (C=O) groups is 1. The lowest BCUT2D eigenvalue weighted by Gasteiger charge is -2.34. The molecule has 1 aliphatic heterocycles. The molecule has 0 aliphatic carbocycles. The number of sulfonamides is 1. The highest BCUT2D eigenvalue weighted by Gasteiger charge is 2.31. The summed E-state index contributed by atoms with van der Waals surface area (Å²) in [7, 11) is -3.58. The van der Waals surface area contributed by atoms with Gasteiger partial charge in [-0.25, -0.2) is 8.42 Å². The van der Waals surface area contributed by atoms with Crippen molar-refractivity contribution in [1.82, 2.24) is 14.2 Å². The van der Waals surface area contributed by atoms with Crippen LogP contribution in [-0.4, -0.2) is 54.7 Å². The summed E-state index contributed by atoms with van der Waals surface area (Å²) in [5, 5.41) is 0.912. The molecule has 0 atom stereocenters. The Bertz CT molecular complexity index is 1180. The van der Waals surface area contributed by atoms with E-state index in [1.807, 2.05) is 43.3 Å². The Morgan fingerprint density at radius 3 is 2.45 bits per heavy atom. The highest BCUT2D eigenvalue weighted by molar-refractivity contribution is 7.89. The van der Waals surface area contributed by atoms with Crippen LogP contribution in [0.1, 0.15) is 21.5 Å². The van der Waals surface area contributed by atoms with Crippen molar-refractivity contribution in [3.63, 3.8) is 0 Å². The molecule has 1 aromatic heterocycles. The number of aromatic nitrogens is 1. The lowest BCUT2D eigenvalue weighted by molar-refractivity contribution is 0.0699. The highest BCUT2D eigenvalue weighted by atomic mass is 32.2. The summed E-state index contributed by atoms with van der Waals surface area (Å²) in [6.45, 7) is 4.95. The second kappa shape index (κ2) is 7.57. The molecule has 2 aromatic carbocycles. The Balaban J connectivity index is 1.53. The van der Waals surface area contributed by atoms with Gasteiger partial charge in [0.2, 0.25) is 10.0 Å². The van der Waals surface area contributed by atoms with Gasteiger partial charge < -0.3 is 4.90 Å². The van der Waals surface area contributed by atoms with Crippen LogP contribution in [0.5, 0.6) is 0 Å². The first-order chi connectivity index (χ1) is 13.9. The number of pyridine rings is 1. The van der Waals surface area contributed by atoms with Gasteiger partial charge in [0.05, 0.1) is 16.0 Å². The number of carbonyl (C=O) groups excluding carboxylic acids is 1. The van der Waals surface area contributed by atoms with E-state index in [2.05, 4.69) is 4.98 Å². The number of fused-ring (bicyclic) bond motifs is 1. The highest BCUT2D eigenvalue weighted by Crippen LogP contribution is 2.24. The molecule has 0 bridgehead atoms. The van der Waals surface area contributed by atoms with Crippen molar-refractivity contribution >= 4 is 26.8 Å². The van der Waals surface area contributed by atoms with Gasteiger partial charge in [-0.05, 0) is 43.2 Å². The monoisotopic (exact) mass is 409 g/mol. The maximum absolute atomic E-state index is 13.1. The first-order valence-electron chi connectivity index (χ1n) is 9.58. The molecular weight excluding hydrogens is 386 g/mol. The fourth-order valence-corrected chi connectivity index (χ4v) is 5.43. The van der Waals surface area contributed by atoms with Crippen molar-refractivity contribution in [2.75, 3.05) is 26.2 Å². The summed E-state index contributed by atoms with van der Waals surface area (Å²) in [4.78, 5) is 19.5. The molecule has 1 aliphatic rings. The molecule has 2 heterocycles. The second-order valence-corrected chi connectivity index (χ2v) is 9.25. The summed E-state index contributed by atoms with van der Waals surface area (Å²) < 4.78 is 27.7. The topological polar surface area (TPSA) is 70.6 Å². The zero-order valence-electron chi connectivity index (χ0n) is 16.5. The Labute approximate surface area is 170 Å². The van der Waals surface area contributed by atoms with E-state index in [0.717, 1.165) is 16.5 Å². The molecule has 1 saturated heterocycles. The van der Waals surface area contributed by atoms with E-state index in [1.54, 1.807) is 30.2 Å². The maximum atomic E-state index is 13.1. The van der Waals surface area contributed by atoms with Crippen LogP contribution in [0, 0.1) is 13.8 Å². The lowest BCUT2D eigenvalue weighted by atomic mass is 10.1. The van der Waals surface area contributed by atoms with Crippen LogP contribution in [-0.2, 0) is 10.0 Å². The van der Waals surface area contributed by atoms with Gasteiger partial charge in [0.25, 0.3) is 5.91 Å². The lowest BCUT2D eigenvalue weighted by Crippen LogP contribution is -2.50. The summed E-state index contributed by atoms with van der Waals surface area (Å²) in [6, 6.07) is 14.8. The zero-order valence-corrected chi connectivity index (χ0v) is 17.3. The molecule has 3 aromatic rings.